The molecule has 1 fully saturated rings. The fourth-order valence-corrected chi connectivity index (χ4v) is 6.20. The summed E-state index contributed by atoms with van der Waals surface area (Å²) in [6, 6.07) is 26.2. The molecule has 3 aromatic carbocycles. The number of carbonyl (C=O) groups is 2. The number of nitrogens with one attached hydrogen (secondary N) is 2. The fourth-order valence-electron chi connectivity index (χ4n) is 4.76. The van der Waals surface area contributed by atoms with Crippen molar-refractivity contribution in [3.63, 3.8) is 0 Å². The Morgan fingerprint density at radius 2 is 1.58 bits per heavy atom. The maximum atomic E-state index is 13.9. The van der Waals surface area contributed by atoms with E-state index in [9.17, 15) is 18.0 Å². The minimum absolute atomic E-state index is 0.0223. The lowest BCUT2D eigenvalue weighted by Gasteiger charge is -2.31. The Hall–Kier alpha value is -3.92. The van der Waals surface area contributed by atoms with Crippen molar-refractivity contribution in [2.75, 3.05) is 0 Å². The van der Waals surface area contributed by atoms with E-state index >= 15 is 0 Å². The molecule has 4 aromatic rings. The lowest BCUT2D eigenvalue weighted by atomic mass is 10.0. The molecule has 1 aliphatic carbocycles. The predicted molar refractivity (Wildman–Crippen MR) is 165 cm³/mol. The van der Waals surface area contributed by atoms with Crippen molar-refractivity contribution in [1.82, 2.24) is 14.9 Å². The van der Waals surface area contributed by atoms with Gasteiger partial charge in [0.2, 0.25) is 21.8 Å². The van der Waals surface area contributed by atoms with Gasteiger partial charge in [-0.25, -0.2) is 13.1 Å². The Balaban J connectivity index is 1.35. The maximum absolute atomic E-state index is 13.9. The number of nitrogens with zero attached hydrogens (tertiary/aromatic N) is 1. The van der Waals surface area contributed by atoms with Gasteiger partial charge in [-0.2, -0.15) is 0 Å². The van der Waals surface area contributed by atoms with Crippen molar-refractivity contribution < 1.29 is 22.4 Å². The summed E-state index contributed by atoms with van der Waals surface area (Å²) in [5.41, 5.74) is 2.59. The van der Waals surface area contributed by atoms with Gasteiger partial charge in [-0.1, -0.05) is 66.2 Å². The van der Waals surface area contributed by atoms with E-state index in [1.165, 1.54) is 0 Å². The highest BCUT2D eigenvalue weighted by molar-refractivity contribution is 7.89. The quantitative estimate of drug-likeness (QED) is 0.200. The van der Waals surface area contributed by atoms with Crippen LogP contribution in [0.4, 0.5) is 0 Å². The molecule has 0 spiro atoms. The average molecular weight is 620 g/mol. The zero-order valence-corrected chi connectivity index (χ0v) is 25.2. The van der Waals surface area contributed by atoms with E-state index in [1.54, 1.807) is 59.7 Å². The summed E-state index contributed by atoms with van der Waals surface area (Å²) in [6.45, 7) is 0.413. The number of benzene rings is 3. The fraction of sp³-hybridized carbons (Fsp3) is 0.273. The molecule has 2 amide bonds. The number of hydrogen-bond acceptors (Lipinski definition) is 5. The number of amides is 2. The second kappa shape index (κ2) is 14.0. The summed E-state index contributed by atoms with van der Waals surface area (Å²) >= 11 is 6.11. The molecule has 5 rings (SSSR count). The second-order valence-corrected chi connectivity index (χ2v) is 12.8. The molecule has 8 nitrogen and oxygen atoms in total. The van der Waals surface area contributed by atoms with Crippen LogP contribution in [0, 0.1) is 0 Å². The van der Waals surface area contributed by atoms with Gasteiger partial charge in [0.05, 0.1) is 17.7 Å². The zero-order chi connectivity index (χ0) is 30.2. The Morgan fingerprint density at radius 1 is 0.884 bits per heavy atom. The molecule has 1 aromatic heterocycles. The van der Waals surface area contributed by atoms with Crippen molar-refractivity contribution in [2.24, 2.45) is 0 Å². The second-order valence-electron chi connectivity index (χ2n) is 10.7. The molecule has 0 bridgehead atoms. The first kappa shape index (κ1) is 30.5. The van der Waals surface area contributed by atoms with Crippen LogP contribution in [-0.4, -0.2) is 37.2 Å². The van der Waals surface area contributed by atoms with E-state index in [-0.39, 0.29) is 42.3 Å². The highest BCUT2D eigenvalue weighted by atomic mass is 35.5. The number of halogens is 1. The van der Waals surface area contributed by atoms with E-state index < -0.39 is 16.1 Å². The van der Waals surface area contributed by atoms with Gasteiger partial charge in [0.15, 0.2) is 0 Å². The molecule has 0 saturated heterocycles. The molecule has 224 valence electrons. The van der Waals surface area contributed by atoms with Crippen LogP contribution in [0.25, 0.3) is 0 Å². The van der Waals surface area contributed by atoms with Gasteiger partial charge in [-0.15, -0.1) is 0 Å². The molecule has 43 heavy (non-hydrogen) atoms. The van der Waals surface area contributed by atoms with E-state index in [0.717, 1.165) is 29.5 Å². The smallest absolute Gasteiger partial charge is 0.243 e. The van der Waals surface area contributed by atoms with Crippen molar-refractivity contribution in [3.8, 4) is 0 Å². The summed E-state index contributed by atoms with van der Waals surface area (Å²) in [4.78, 5) is 29.4. The predicted octanol–water partition coefficient (Wildman–Crippen LogP) is 5.26. The third kappa shape index (κ3) is 8.79. The maximum Gasteiger partial charge on any atom is 0.243 e. The van der Waals surface area contributed by atoms with Crippen LogP contribution in [0.15, 0.2) is 107 Å². The Bertz CT molecular complexity index is 1610. The van der Waals surface area contributed by atoms with Gasteiger partial charge in [0.25, 0.3) is 0 Å². The lowest BCUT2D eigenvalue weighted by molar-refractivity contribution is -0.141. The van der Waals surface area contributed by atoms with Crippen LogP contribution in [0.1, 0.15) is 41.7 Å². The first-order chi connectivity index (χ1) is 20.8. The Labute approximate surface area is 257 Å². The highest BCUT2D eigenvalue weighted by Crippen LogP contribution is 2.23. The number of aryl methyl sites for hydroxylation is 1. The molecule has 10 heteroatoms. The van der Waals surface area contributed by atoms with E-state index in [4.69, 9.17) is 16.0 Å². The number of hydrogen-bond donors (Lipinski definition) is 2. The standard InChI is InChI=1S/C33H34ClN3O5S/c34-27-13-8-26(9-14-27)23-37(31(21-25-5-2-1-3-6-25)33(39)35-22-29-7-4-20-42-29)32(38)19-12-24-10-17-30(18-11-24)43(40,41)36-28-15-16-28/h1-11,13-14,17-18,20,28,31,36H,12,15-16,19,21-23H2,(H,35,39)/t31-/m1/s1. The molecular formula is C33H34ClN3O5S. The van der Waals surface area contributed by atoms with Crippen molar-refractivity contribution in [1.29, 1.82) is 0 Å². The summed E-state index contributed by atoms with van der Waals surface area (Å²) in [6.07, 6.45) is 4.11. The summed E-state index contributed by atoms with van der Waals surface area (Å²) in [7, 11) is -3.55. The van der Waals surface area contributed by atoms with E-state index in [0.29, 0.717) is 23.6 Å². The number of furan rings is 1. The molecule has 2 N–H and O–H groups in total. The third-order valence-electron chi connectivity index (χ3n) is 7.31. The van der Waals surface area contributed by atoms with Gasteiger partial charge in [-0.05, 0) is 72.4 Å². The topological polar surface area (TPSA) is 109 Å². The highest BCUT2D eigenvalue weighted by Gasteiger charge is 2.31. The van der Waals surface area contributed by atoms with Crippen molar-refractivity contribution in [3.05, 3.63) is 125 Å². The minimum atomic E-state index is -3.55. The van der Waals surface area contributed by atoms with Crippen LogP contribution in [0.5, 0.6) is 0 Å². The van der Waals surface area contributed by atoms with Gasteiger partial charge in [0, 0.05) is 30.5 Å². The number of sulfonamides is 1. The van der Waals surface area contributed by atoms with Crippen molar-refractivity contribution >= 4 is 33.4 Å². The van der Waals surface area contributed by atoms with Crippen LogP contribution in [-0.2, 0) is 45.5 Å². The molecule has 0 radical (unpaired) electrons. The zero-order valence-electron chi connectivity index (χ0n) is 23.6. The molecule has 1 saturated carbocycles. The summed E-state index contributed by atoms with van der Waals surface area (Å²) < 4.78 is 33.1. The summed E-state index contributed by atoms with van der Waals surface area (Å²) in [5, 5.41) is 3.52. The molecule has 1 heterocycles. The molecule has 1 atom stereocenters. The first-order valence-corrected chi connectivity index (χ1v) is 16.1. The van der Waals surface area contributed by atoms with E-state index in [2.05, 4.69) is 10.0 Å². The summed E-state index contributed by atoms with van der Waals surface area (Å²) in [5.74, 6) is 0.122. The van der Waals surface area contributed by atoms with Gasteiger partial charge >= 0.3 is 0 Å². The Kier molecular flexibility index (Phi) is 9.97. The number of carbonyl (C=O) groups excluding carboxylic acids is 2. The van der Waals surface area contributed by atoms with Crippen LogP contribution >= 0.6 is 11.6 Å². The van der Waals surface area contributed by atoms with Crippen LogP contribution in [0.2, 0.25) is 5.02 Å². The van der Waals surface area contributed by atoms with Crippen LogP contribution in [0.3, 0.4) is 0 Å². The minimum Gasteiger partial charge on any atom is -0.467 e. The first-order valence-electron chi connectivity index (χ1n) is 14.3. The number of rotatable bonds is 14. The lowest BCUT2D eigenvalue weighted by Crippen LogP contribution is -2.50. The normalized spacial score (nSPS) is 13.8. The van der Waals surface area contributed by atoms with Crippen LogP contribution < -0.4 is 10.0 Å². The third-order valence-corrected chi connectivity index (χ3v) is 9.10. The SMILES string of the molecule is O=C(NCc1ccco1)[C@@H](Cc1ccccc1)N(Cc1ccc(Cl)cc1)C(=O)CCc1ccc(S(=O)(=O)NC2CC2)cc1. The molecule has 1 aliphatic rings. The largest absolute Gasteiger partial charge is 0.467 e. The monoisotopic (exact) mass is 619 g/mol. The molecule has 0 aliphatic heterocycles. The van der Waals surface area contributed by atoms with Gasteiger partial charge in [-0.3, -0.25) is 9.59 Å². The average Bonchev–Trinajstić information content (AvgIpc) is 3.66. The van der Waals surface area contributed by atoms with Gasteiger partial charge in [0.1, 0.15) is 11.8 Å². The van der Waals surface area contributed by atoms with E-state index in [1.807, 2.05) is 42.5 Å². The molecular weight excluding hydrogens is 586 g/mol. The van der Waals surface area contributed by atoms with Crippen molar-refractivity contribution in [2.45, 2.75) is 62.2 Å². The Morgan fingerprint density at radius 3 is 2.23 bits per heavy atom. The van der Waals surface area contributed by atoms with Gasteiger partial charge < -0.3 is 14.6 Å². The molecule has 0 unspecified atom stereocenters.